The van der Waals surface area contributed by atoms with E-state index in [-0.39, 0.29) is 4.90 Å². The lowest BCUT2D eigenvalue weighted by atomic mass is 10.3. The molecule has 0 unspecified atom stereocenters. The van der Waals surface area contributed by atoms with Crippen molar-refractivity contribution >= 4 is 10.0 Å². The maximum Gasteiger partial charge on any atom is 0.246 e. The first-order chi connectivity index (χ1) is 8.14. The van der Waals surface area contributed by atoms with Crippen LogP contribution in [0.5, 0.6) is 0 Å². The molecule has 1 N–H and O–H groups in total. The van der Waals surface area contributed by atoms with E-state index < -0.39 is 10.0 Å². The summed E-state index contributed by atoms with van der Waals surface area (Å²) in [5, 5.41) is 6.22. The van der Waals surface area contributed by atoms with Gasteiger partial charge in [0.2, 0.25) is 10.0 Å². The molecule has 0 radical (unpaired) electrons. The zero-order chi connectivity index (χ0) is 12.3. The number of aromatic amines is 1. The molecule has 96 valence electrons. The Morgan fingerprint density at radius 2 is 2.06 bits per heavy atom. The summed E-state index contributed by atoms with van der Waals surface area (Å²) >= 11 is 0. The zero-order valence-electron chi connectivity index (χ0n) is 9.96. The van der Waals surface area contributed by atoms with E-state index in [0.717, 1.165) is 26.1 Å². The van der Waals surface area contributed by atoms with Gasteiger partial charge in [0, 0.05) is 32.4 Å². The smallest absolute Gasteiger partial charge is 0.246 e. The molecule has 0 atom stereocenters. The van der Waals surface area contributed by atoms with Gasteiger partial charge in [-0.2, -0.15) is 9.40 Å². The molecular weight excluding hydrogens is 240 g/mol. The fourth-order valence-corrected chi connectivity index (χ4v) is 3.37. The lowest BCUT2D eigenvalue weighted by Crippen LogP contribution is -2.48. The van der Waals surface area contributed by atoms with Gasteiger partial charge < -0.3 is 4.90 Å². The molecule has 0 aliphatic carbocycles. The number of aromatic nitrogens is 2. The van der Waals surface area contributed by atoms with Crippen LogP contribution in [-0.4, -0.2) is 60.5 Å². The van der Waals surface area contributed by atoms with Gasteiger partial charge in [0.15, 0.2) is 0 Å². The molecule has 7 heteroatoms. The third kappa shape index (κ3) is 2.67. The molecule has 0 bridgehead atoms. The normalized spacial score (nSPS) is 19.6. The monoisotopic (exact) mass is 258 g/mol. The van der Waals surface area contributed by atoms with E-state index in [4.69, 9.17) is 0 Å². The van der Waals surface area contributed by atoms with Gasteiger partial charge in [-0.15, -0.1) is 0 Å². The zero-order valence-corrected chi connectivity index (χ0v) is 10.8. The molecule has 1 saturated heterocycles. The summed E-state index contributed by atoms with van der Waals surface area (Å²) in [6.07, 6.45) is 3.88. The Morgan fingerprint density at radius 1 is 1.35 bits per heavy atom. The molecule has 0 saturated carbocycles. The summed E-state index contributed by atoms with van der Waals surface area (Å²) in [5.74, 6) is 0. The van der Waals surface area contributed by atoms with Crippen LogP contribution in [0.25, 0.3) is 0 Å². The molecule has 1 fully saturated rings. The van der Waals surface area contributed by atoms with Crippen molar-refractivity contribution in [3.63, 3.8) is 0 Å². The number of H-pyrrole nitrogens is 1. The topological polar surface area (TPSA) is 69.3 Å². The van der Waals surface area contributed by atoms with Crippen LogP contribution in [0.1, 0.15) is 13.3 Å². The van der Waals surface area contributed by atoms with E-state index in [1.165, 1.54) is 16.7 Å². The molecule has 1 aliphatic rings. The average Bonchev–Trinajstić information content (AvgIpc) is 2.84. The van der Waals surface area contributed by atoms with Crippen LogP contribution in [0.4, 0.5) is 0 Å². The Hall–Kier alpha value is -0.920. The summed E-state index contributed by atoms with van der Waals surface area (Å²) in [5.41, 5.74) is 0. The second-order valence-electron chi connectivity index (χ2n) is 4.18. The van der Waals surface area contributed by atoms with Crippen molar-refractivity contribution in [2.45, 2.75) is 18.2 Å². The van der Waals surface area contributed by atoms with E-state index in [1.54, 1.807) is 0 Å². The van der Waals surface area contributed by atoms with Crippen molar-refractivity contribution in [1.82, 2.24) is 19.4 Å². The Bertz CT molecular complexity index is 435. The maximum atomic E-state index is 12.2. The van der Waals surface area contributed by atoms with Crippen LogP contribution in [0, 0.1) is 0 Å². The van der Waals surface area contributed by atoms with Gasteiger partial charge in [0.25, 0.3) is 0 Å². The lowest BCUT2D eigenvalue weighted by Gasteiger charge is -2.33. The minimum Gasteiger partial charge on any atom is -0.301 e. The second kappa shape index (κ2) is 5.16. The fourth-order valence-electron chi connectivity index (χ4n) is 2.04. The van der Waals surface area contributed by atoms with Crippen LogP contribution in [0.3, 0.4) is 0 Å². The average molecular weight is 258 g/mol. The molecule has 0 aromatic carbocycles. The first kappa shape index (κ1) is 12.5. The minimum absolute atomic E-state index is 0.251. The summed E-state index contributed by atoms with van der Waals surface area (Å²) in [6, 6.07) is 0. The number of nitrogens with one attached hydrogen (secondary N) is 1. The summed E-state index contributed by atoms with van der Waals surface area (Å²) < 4.78 is 25.9. The Labute approximate surface area is 102 Å². The largest absolute Gasteiger partial charge is 0.301 e. The van der Waals surface area contributed by atoms with Crippen LogP contribution in [0.15, 0.2) is 17.3 Å². The van der Waals surface area contributed by atoms with Crippen molar-refractivity contribution in [2.24, 2.45) is 0 Å². The Kier molecular flexibility index (Phi) is 3.80. The quantitative estimate of drug-likeness (QED) is 0.833. The predicted molar refractivity (Wildman–Crippen MR) is 64.1 cm³/mol. The molecule has 2 heterocycles. The summed E-state index contributed by atoms with van der Waals surface area (Å²) in [7, 11) is -3.34. The highest BCUT2D eigenvalue weighted by Crippen LogP contribution is 2.15. The van der Waals surface area contributed by atoms with Crippen molar-refractivity contribution < 1.29 is 8.42 Å². The van der Waals surface area contributed by atoms with E-state index in [1.807, 2.05) is 0 Å². The Balaban J connectivity index is 2.01. The van der Waals surface area contributed by atoms with E-state index in [9.17, 15) is 8.42 Å². The molecule has 1 aromatic rings. The molecule has 0 amide bonds. The van der Waals surface area contributed by atoms with Crippen LogP contribution < -0.4 is 0 Å². The first-order valence-electron chi connectivity index (χ1n) is 5.86. The highest BCUT2D eigenvalue weighted by molar-refractivity contribution is 7.89. The maximum absolute atomic E-state index is 12.2. The van der Waals surface area contributed by atoms with Crippen molar-refractivity contribution in [2.75, 3.05) is 32.7 Å². The highest BCUT2D eigenvalue weighted by Gasteiger charge is 2.28. The van der Waals surface area contributed by atoms with Crippen LogP contribution >= 0.6 is 0 Å². The predicted octanol–water partition coefficient (Wildman–Crippen LogP) is 0.126. The van der Waals surface area contributed by atoms with Gasteiger partial charge in [-0.25, -0.2) is 8.42 Å². The number of piperazine rings is 1. The molecule has 6 nitrogen and oxygen atoms in total. The first-order valence-corrected chi connectivity index (χ1v) is 7.30. The van der Waals surface area contributed by atoms with Gasteiger partial charge in [0.1, 0.15) is 4.90 Å². The van der Waals surface area contributed by atoms with Gasteiger partial charge in [0.05, 0.1) is 6.20 Å². The highest BCUT2D eigenvalue weighted by atomic mass is 32.2. The number of rotatable bonds is 4. The van der Waals surface area contributed by atoms with E-state index in [0.29, 0.717) is 13.1 Å². The van der Waals surface area contributed by atoms with Crippen molar-refractivity contribution in [3.05, 3.63) is 12.4 Å². The lowest BCUT2D eigenvalue weighted by molar-refractivity contribution is 0.188. The van der Waals surface area contributed by atoms with Crippen molar-refractivity contribution in [1.29, 1.82) is 0 Å². The third-order valence-corrected chi connectivity index (χ3v) is 4.85. The third-order valence-electron chi connectivity index (χ3n) is 2.98. The van der Waals surface area contributed by atoms with Crippen LogP contribution in [0.2, 0.25) is 0 Å². The van der Waals surface area contributed by atoms with Gasteiger partial charge >= 0.3 is 0 Å². The number of nitrogens with zero attached hydrogens (tertiary/aromatic N) is 3. The van der Waals surface area contributed by atoms with E-state index in [2.05, 4.69) is 22.0 Å². The standard InChI is InChI=1S/C10H18N4O2S/c1-2-3-13-4-6-14(7-5-13)17(15,16)10-8-11-12-9-10/h8-9H,2-7H2,1H3,(H,11,12). The Morgan fingerprint density at radius 3 is 2.59 bits per heavy atom. The number of hydrogen-bond donors (Lipinski definition) is 1. The van der Waals surface area contributed by atoms with Gasteiger partial charge in [-0.3, -0.25) is 5.10 Å². The van der Waals surface area contributed by atoms with Crippen molar-refractivity contribution in [3.8, 4) is 0 Å². The summed E-state index contributed by atoms with van der Waals surface area (Å²) in [6.45, 7) is 5.92. The molecular formula is C10H18N4O2S. The van der Waals surface area contributed by atoms with Gasteiger partial charge in [-0.1, -0.05) is 6.92 Å². The number of sulfonamides is 1. The number of hydrogen-bond acceptors (Lipinski definition) is 4. The van der Waals surface area contributed by atoms with Crippen LogP contribution in [-0.2, 0) is 10.0 Å². The summed E-state index contributed by atoms with van der Waals surface area (Å²) in [4.78, 5) is 2.54. The minimum atomic E-state index is -3.34. The van der Waals surface area contributed by atoms with E-state index >= 15 is 0 Å². The molecule has 0 spiro atoms. The second-order valence-corrected chi connectivity index (χ2v) is 6.12. The fraction of sp³-hybridized carbons (Fsp3) is 0.700. The van der Waals surface area contributed by atoms with Gasteiger partial charge in [-0.05, 0) is 13.0 Å². The SMILES string of the molecule is CCCN1CCN(S(=O)(=O)c2cn[nH]c2)CC1. The molecule has 17 heavy (non-hydrogen) atoms. The molecule has 1 aliphatic heterocycles. The molecule has 1 aromatic heterocycles. The molecule has 2 rings (SSSR count).